The van der Waals surface area contributed by atoms with Crippen molar-refractivity contribution in [1.29, 1.82) is 0 Å². The molecule has 3 aliphatic rings. The molecule has 5 rings (SSSR count). The molecule has 1 amide bonds. The normalized spacial score (nSPS) is 23.0. The number of carbonyl (C=O) groups excluding carboxylic acids is 1. The van der Waals surface area contributed by atoms with Gasteiger partial charge in [0.2, 0.25) is 5.91 Å². The molecule has 10 nitrogen and oxygen atoms in total. The maximum atomic E-state index is 13.3. The van der Waals surface area contributed by atoms with Crippen LogP contribution >= 0.6 is 11.8 Å². The van der Waals surface area contributed by atoms with Gasteiger partial charge in [-0.15, -0.1) is 0 Å². The number of rotatable bonds is 7. The number of amides is 1. The highest BCUT2D eigenvalue weighted by Gasteiger charge is 2.37. The zero-order chi connectivity index (χ0) is 23.5. The van der Waals surface area contributed by atoms with E-state index < -0.39 is 26.3 Å². The second kappa shape index (κ2) is 8.23. The van der Waals surface area contributed by atoms with Crippen molar-refractivity contribution in [2.24, 2.45) is 0 Å². The van der Waals surface area contributed by atoms with Crippen molar-refractivity contribution in [2.45, 2.75) is 74.2 Å². The molecular weight excluding hydrogens is 466 g/mol. The second-order valence-electron chi connectivity index (χ2n) is 9.16. The molecule has 1 aliphatic heterocycles. The Morgan fingerprint density at radius 2 is 1.94 bits per heavy atom. The summed E-state index contributed by atoms with van der Waals surface area (Å²) in [6, 6.07) is -0.307. The molecule has 2 aliphatic carbocycles. The van der Waals surface area contributed by atoms with Crippen LogP contribution in [0.2, 0.25) is 0 Å². The second-order valence-corrected chi connectivity index (χ2v) is 12.7. The molecule has 2 aromatic heterocycles. The van der Waals surface area contributed by atoms with Gasteiger partial charge in [-0.2, -0.15) is 0 Å². The van der Waals surface area contributed by atoms with Crippen LogP contribution in [0.25, 0.3) is 11.0 Å². The van der Waals surface area contributed by atoms with E-state index in [0.717, 1.165) is 25.7 Å². The predicted molar refractivity (Wildman–Crippen MR) is 124 cm³/mol. The van der Waals surface area contributed by atoms with Gasteiger partial charge in [0, 0.05) is 24.5 Å². The van der Waals surface area contributed by atoms with Crippen molar-refractivity contribution in [1.82, 2.24) is 24.4 Å². The van der Waals surface area contributed by atoms with Gasteiger partial charge in [0.25, 0.3) is 5.56 Å². The van der Waals surface area contributed by atoms with Crippen LogP contribution in [0.1, 0.15) is 63.7 Å². The van der Waals surface area contributed by atoms with Crippen LogP contribution < -0.4 is 11.2 Å². The molecule has 33 heavy (non-hydrogen) atoms. The number of aromatic nitrogens is 4. The highest BCUT2D eigenvalue weighted by atomic mass is 32.2. The lowest BCUT2D eigenvalue weighted by Gasteiger charge is -2.29. The number of hydrogen-bond acceptors (Lipinski definition) is 8. The van der Waals surface area contributed by atoms with Gasteiger partial charge >= 0.3 is 5.69 Å². The lowest BCUT2D eigenvalue weighted by molar-refractivity contribution is -0.131. The fraction of sp³-hybridized carbons (Fsp3) is 0.667. The molecule has 0 radical (unpaired) electrons. The van der Waals surface area contributed by atoms with Gasteiger partial charge in [0.1, 0.15) is 16.2 Å². The molecule has 2 atom stereocenters. The molecule has 2 aromatic rings. The number of sulfone groups is 1. The Morgan fingerprint density at radius 3 is 2.52 bits per heavy atom. The third-order valence-electron chi connectivity index (χ3n) is 6.53. The van der Waals surface area contributed by atoms with Crippen LogP contribution in [-0.4, -0.2) is 68.1 Å². The summed E-state index contributed by atoms with van der Waals surface area (Å²) in [4.78, 5) is 51.9. The van der Waals surface area contributed by atoms with Gasteiger partial charge in [-0.3, -0.25) is 19.1 Å². The minimum absolute atomic E-state index is 0.0143. The summed E-state index contributed by atoms with van der Waals surface area (Å²) in [6.45, 7) is 3.99. The van der Waals surface area contributed by atoms with Gasteiger partial charge in [-0.1, -0.05) is 11.8 Å². The first-order chi connectivity index (χ1) is 15.7. The highest BCUT2D eigenvalue weighted by molar-refractivity contribution is 8.00. The van der Waals surface area contributed by atoms with Crippen molar-refractivity contribution in [3.8, 4) is 0 Å². The summed E-state index contributed by atoms with van der Waals surface area (Å²) < 4.78 is 25.4. The van der Waals surface area contributed by atoms with Crippen LogP contribution in [0, 0.1) is 0 Å². The minimum Gasteiger partial charge on any atom is -0.338 e. The largest absolute Gasteiger partial charge is 0.338 e. The van der Waals surface area contributed by atoms with E-state index in [0.29, 0.717) is 29.5 Å². The summed E-state index contributed by atoms with van der Waals surface area (Å²) >= 11 is 1.18. The highest BCUT2D eigenvalue weighted by Crippen LogP contribution is 2.41. The number of H-pyrrole nitrogens is 1. The van der Waals surface area contributed by atoms with Gasteiger partial charge in [-0.05, 0) is 46.0 Å². The zero-order valence-corrected chi connectivity index (χ0v) is 20.2. The van der Waals surface area contributed by atoms with E-state index in [2.05, 4.69) is 15.0 Å². The number of thioether (sulfide) groups is 1. The molecule has 3 heterocycles. The van der Waals surface area contributed by atoms with E-state index in [1.807, 2.05) is 6.92 Å². The molecule has 0 spiro atoms. The van der Waals surface area contributed by atoms with Crippen molar-refractivity contribution in [3.05, 3.63) is 26.7 Å². The smallest absolute Gasteiger partial charge is 0.330 e. The maximum Gasteiger partial charge on any atom is 0.330 e. The Kier molecular flexibility index (Phi) is 5.63. The molecule has 0 aromatic carbocycles. The van der Waals surface area contributed by atoms with E-state index in [4.69, 9.17) is 0 Å². The number of carbonyl (C=O) groups is 1. The molecule has 1 saturated heterocycles. The van der Waals surface area contributed by atoms with E-state index in [9.17, 15) is 22.8 Å². The summed E-state index contributed by atoms with van der Waals surface area (Å²) in [6.07, 6.45) is 4.07. The van der Waals surface area contributed by atoms with Gasteiger partial charge in [0.15, 0.2) is 15.5 Å². The Morgan fingerprint density at radius 1 is 1.21 bits per heavy atom. The van der Waals surface area contributed by atoms with E-state index >= 15 is 0 Å². The Labute approximate surface area is 195 Å². The molecule has 2 unspecified atom stereocenters. The predicted octanol–water partition coefficient (Wildman–Crippen LogP) is 1.21. The van der Waals surface area contributed by atoms with Crippen LogP contribution in [0.3, 0.4) is 0 Å². The third kappa shape index (κ3) is 4.34. The third-order valence-corrected chi connectivity index (χ3v) is 9.36. The molecule has 178 valence electrons. The molecular formula is C21H27N5O5S2. The van der Waals surface area contributed by atoms with E-state index in [1.54, 1.807) is 16.4 Å². The van der Waals surface area contributed by atoms with Crippen LogP contribution in [0.5, 0.6) is 0 Å². The number of fused-ring (bicyclic) bond motifs is 1. The summed E-state index contributed by atoms with van der Waals surface area (Å²) in [5.41, 5.74) is -0.666. The lowest BCUT2D eigenvalue weighted by Crippen LogP contribution is -2.44. The van der Waals surface area contributed by atoms with Crippen molar-refractivity contribution < 1.29 is 13.2 Å². The number of aromatic amines is 1. The van der Waals surface area contributed by atoms with Gasteiger partial charge in [-0.25, -0.2) is 23.2 Å². The zero-order valence-electron chi connectivity index (χ0n) is 18.6. The van der Waals surface area contributed by atoms with Gasteiger partial charge < -0.3 is 4.90 Å². The first-order valence-electron chi connectivity index (χ1n) is 11.4. The Hall–Kier alpha value is -2.21. The van der Waals surface area contributed by atoms with Crippen LogP contribution in [0.4, 0.5) is 0 Å². The molecule has 2 saturated carbocycles. The number of nitrogens with zero attached hydrogens (tertiary/aromatic N) is 4. The lowest BCUT2D eigenvalue weighted by atomic mass is 10.2. The first-order valence-corrected chi connectivity index (χ1v) is 14.1. The van der Waals surface area contributed by atoms with E-state index in [-0.39, 0.29) is 40.8 Å². The number of nitrogens with one attached hydrogen (secondary N) is 1. The molecule has 3 fully saturated rings. The maximum absolute atomic E-state index is 13.3. The summed E-state index contributed by atoms with van der Waals surface area (Å²) in [7, 11) is -3.12. The molecule has 12 heteroatoms. The minimum atomic E-state index is -3.12. The average Bonchev–Trinajstić information content (AvgIpc) is 3.66. The Balaban J connectivity index is 1.51. The fourth-order valence-corrected chi connectivity index (χ4v) is 7.23. The van der Waals surface area contributed by atoms with Crippen molar-refractivity contribution in [3.63, 3.8) is 0 Å². The summed E-state index contributed by atoms with van der Waals surface area (Å²) in [5.74, 6) is 0.713. The summed E-state index contributed by atoms with van der Waals surface area (Å²) in [5, 5.41) is 0.0506. The number of hydrogen-bond donors (Lipinski definition) is 1. The van der Waals surface area contributed by atoms with Crippen LogP contribution in [0.15, 0.2) is 14.6 Å². The Bertz CT molecular complexity index is 1340. The topological polar surface area (TPSA) is 135 Å². The molecule has 1 N–H and O–H groups in total. The SMILES string of the molecule is CCN(C(=O)C(C)Sc1nc(C2CC2)nc2c1c(=O)[nH]c(=O)n2C1CC1)C1CCS(=O)(=O)C1. The van der Waals surface area contributed by atoms with E-state index in [1.165, 1.54) is 11.8 Å². The molecule has 0 bridgehead atoms. The first kappa shape index (κ1) is 22.6. The average molecular weight is 494 g/mol. The standard InChI is InChI=1S/C21H27N5O5S2/c1-3-25(14-8-9-33(30,31)10-14)20(28)11(2)32-19-15-17(22-16(23-19)12-4-5-12)26(13-6-7-13)21(29)24-18(15)27/h11-14H,3-10H2,1-2H3,(H,24,27,29). The fourth-order valence-electron chi connectivity index (χ4n) is 4.48. The van der Waals surface area contributed by atoms with Crippen LogP contribution in [-0.2, 0) is 14.6 Å². The van der Waals surface area contributed by atoms with Crippen molar-refractivity contribution in [2.75, 3.05) is 18.1 Å². The van der Waals surface area contributed by atoms with Gasteiger partial charge in [0.05, 0.1) is 16.8 Å². The quantitative estimate of drug-likeness (QED) is 0.449. The van der Waals surface area contributed by atoms with Crippen molar-refractivity contribution >= 4 is 38.5 Å². The monoisotopic (exact) mass is 493 g/mol.